The molecule has 5 heteroatoms. The number of carbonyl (C=O) groups excluding carboxylic acids is 1. The lowest BCUT2D eigenvalue weighted by atomic mass is 10.1. The summed E-state index contributed by atoms with van der Waals surface area (Å²) in [6.07, 6.45) is 4.05. The molecule has 23 heavy (non-hydrogen) atoms. The third-order valence-corrected chi connectivity index (χ3v) is 4.95. The number of fused-ring (bicyclic) bond motifs is 1. The van der Waals surface area contributed by atoms with E-state index in [1.807, 2.05) is 19.1 Å². The van der Waals surface area contributed by atoms with E-state index in [1.165, 1.54) is 11.1 Å². The molecule has 3 rings (SSSR count). The molecule has 0 radical (unpaired) electrons. The quantitative estimate of drug-likeness (QED) is 0.875. The number of rotatable bonds is 5. The molecule has 1 aromatic carbocycles. The first kappa shape index (κ1) is 16.3. The van der Waals surface area contributed by atoms with Gasteiger partial charge in [-0.2, -0.15) is 0 Å². The number of nitrogens with zero attached hydrogens (tertiary/aromatic N) is 1. The predicted octanol–water partition coefficient (Wildman–Crippen LogP) is 2.25. The number of hydrogen-bond donors (Lipinski definition) is 2. The summed E-state index contributed by atoms with van der Waals surface area (Å²) in [7, 11) is 0. The molecule has 3 atom stereocenters. The van der Waals surface area contributed by atoms with E-state index in [1.54, 1.807) is 4.90 Å². The zero-order valence-electron chi connectivity index (χ0n) is 13.7. The number of aliphatic hydroxyl groups excluding tert-OH is 1. The summed E-state index contributed by atoms with van der Waals surface area (Å²) in [6, 6.07) is 8.20. The van der Waals surface area contributed by atoms with Crippen molar-refractivity contribution in [2.45, 2.75) is 50.8 Å². The van der Waals surface area contributed by atoms with Gasteiger partial charge in [0.2, 0.25) is 0 Å². The number of aliphatic hydroxyl groups is 1. The van der Waals surface area contributed by atoms with Crippen molar-refractivity contribution in [2.75, 3.05) is 19.8 Å². The van der Waals surface area contributed by atoms with E-state index < -0.39 is 0 Å². The number of ether oxygens (including phenoxy) is 1. The van der Waals surface area contributed by atoms with Crippen LogP contribution in [0.15, 0.2) is 24.3 Å². The summed E-state index contributed by atoms with van der Waals surface area (Å²) in [5.74, 6) is 0. The van der Waals surface area contributed by atoms with Gasteiger partial charge < -0.3 is 20.1 Å². The van der Waals surface area contributed by atoms with Crippen LogP contribution in [0.3, 0.4) is 0 Å². The fourth-order valence-electron chi connectivity index (χ4n) is 3.73. The number of carbonyl (C=O) groups is 1. The monoisotopic (exact) mass is 318 g/mol. The molecule has 1 fully saturated rings. The Morgan fingerprint density at radius 3 is 3.00 bits per heavy atom. The lowest BCUT2D eigenvalue weighted by molar-refractivity contribution is 0.0804. The number of amides is 2. The van der Waals surface area contributed by atoms with Gasteiger partial charge in [0.25, 0.3) is 0 Å². The molecule has 2 N–H and O–H groups in total. The minimum absolute atomic E-state index is 0.0113. The van der Waals surface area contributed by atoms with Crippen LogP contribution in [0.4, 0.5) is 4.79 Å². The van der Waals surface area contributed by atoms with Crippen molar-refractivity contribution in [3.05, 3.63) is 35.4 Å². The molecule has 1 aliphatic carbocycles. The molecule has 126 valence electrons. The molecule has 5 nitrogen and oxygen atoms in total. The van der Waals surface area contributed by atoms with Gasteiger partial charge in [0, 0.05) is 13.2 Å². The van der Waals surface area contributed by atoms with Crippen LogP contribution in [0.25, 0.3) is 0 Å². The van der Waals surface area contributed by atoms with Gasteiger partial charge in [-0.25, -0.2) is 4.79 Å². The fourth-order valence-corrected chi connectivity index (χ4v) is 3.73. The first-order chi connectivity index (χ1) is 11.2. The topological polar surface area (TPSA) is 61.8 Å². The summed E-state index contributed by atoms with van der Waals surface area (Å²) in [5.41, 5.74) is 2.52. The maximum absolute atomic E-state index is 12.7. The van der Waals surface area contributed by atoms with Gasteiger partial charge in [-0.1, -0.05) is 24.3 Å². The lowest BCUT2D eigenvalue weighted by Gasteiger charge is -2.31. The molecule has 0 bridgehead atoms. The Hall–Kier alpha value is -1.59. The normalized spacial score (nSPS) is 24.3. The molecule has 2 amide bonds. The second-order valence-corrected chi connectivity index (χ2v) is 6.46. The first-order valence-electron chi connectivity index (χ1n) is 8.58. The highest BCUT2D eigenvalue weighted by Gasteiger charge is 2.32. The van der Waals surface area contributed by atoms with Gasteiger partial charge in [-0.15, -0.1) is 0 Å². The SMILES string of the molecule is CC(NC(=O)N(CCO)C1CCc2ccccc21)C1CCCO1. The van der Waals surface area contributed by atoms with E-state index in [4.69, 9.17) is 4.74 Å². The Balaban J connectivity index is 1.70. The molecule has 3 unspecified atom stereocenters. The van der Waals surface area contributed by atoms with Crippen molar-refractivity contribution in [2.24, 2.45) is 0 Å². The summed E-state index contributed by atoms with van der Waals surface area (Å²) in [6.45, 7) is 3.10. The number of benzene rings is 1. The van der Waals surface area contributed by atoms with Gasteiger partial charge in [-0.05, 0) is 43.7 Å². The molecule has 0 aromatic heterocycles. The van der Waals surface area contributed by atoms with Crippen LogP contribution >= 0.6 is 0 Å². The van der Waals surface area contributed by atoms with Crippen LogP contribution in [0.2, 0.25) is 0 Å². The van der Waals surface area contributed by atoms with Gasteiger partial charge in [0.15, 0.2) is 0 Å². The zero-order valence-corrected chi connectivity index (χ0v) is 13.7. The second-order valence-electron chi connectivity index (χ2n) is 6.46. The highest BCUT2D eigenvalue weighted by atomic mass is 16.5. The van der Waals surface area contributed by atoms with Crippen molar-refractivity contribution in [3.63, 3.8) is 0 Å². The van der Waals surface area contributed by atoms with Gasteiger partial charge in [0.1, 0.15) is 0 Å². The Kier molecular flexibility index (Phi) is 5.18. The molecule has 0 spiro atoms. The molecule has 0 saturated carbocycles. The van der Waals surface area contributed by atoms with Crippen molar-refractivity contribution < 1.29 is 14.6 Å². The highest BCUT2D eigenvalue weighted by molar-refractivity contribution is 5.75. The summed E-state index contributed by atoms with van der Waals surface area (Å²) >= 11 is 0. The zero-order chi connectivity index (χ0) is 16.2. The van der Waals surface area contributed by atoms with Crippen molar-refractivity contribution in [1.82, 2.24) is 10.2 Å². The fraction of sp³-hybridized carbons (Fsp3) is 0.611. The largest absolute Gasteiger partial charge is 0.395 e. The van der Waals surface area contributed by atoms with E-state index in [0.717, 1.165) is 32.3 Å². The summed E-state index contributed by atoms with van der Waals surface area (Å²) in [4.78, 5) is 14.5. The van der Waals surface area contributed by atoms with E-state index in [0.29, 0.717) is 6.54 Å². The van der Waals surface area contributed by atoms with Crippen LogP contribution in [-0.2, 0) is 11.2 Å². The molecule has 1 heterocycles. The van der Waals surface area contributed by atoms with Crippen LogP contribution in [-0.4, -0.2) is 47.9 Å². The lowest BCUT2D eigenvalue weighted by Crippen LogP contribution is -2.49. The maximum atomic E-state index is 12.7. The number of urea groups is 1. The Morgan fingerprint density at radius 1 is 1.43 bits per heavy atom. The maximum Gasteiger partial charge on any atom is 0.318 e. The summed E-state index contributed by atoms with van der Waals surface area (Å²) < 4.78 is 5.65. The van der Waals surface area contributed by atoms with Gasteiger partial charge in [0.05, 0.1) is 24.8 Å². The van der Waals surface area contributed by atoms with E-state index in [2.05, 4.69) is 17.4 Å². The molecule has 2 aliphatic rings. The predicted molar refractivity (Wildman–Crippen MR) is 88.3 cm³/mol. The Morgan fingerprint density at radius 2 is 2.26 bits per heavy atom. The van der Waals surface area contributed by atoms with Crippen LogP contribution in [0, 0.1) is 0 Å². The van der Waals surface area contributed by atoms with Crippen molar-refractivity contribution in [3.8, 4) is 0 Å². The molecular weight excluding hydrogens is 292 g/mol. The minimum Gasteiger partial charge on any atom is -0.395 e. The molecule has 1 aromatic rings. The smallest absolute Gasteiger partial charge is 0.318 e. The van der Waals surface area contributed by atoms with E-state index in [-0.39, 0.29) is 30.8 Å². The van der Waals surface area contributed by atoms with Gasteiger partial charge >= 0.3 is 6.03 Å². The molecule has 1 aliphatic heterocycles. The third-order valence-electron chi connectivity index (χ3n) is 4.95. The Bertz CT molecular complexity index is 543. The average Bonchev–Trinajstić information content (AvgIpc) is 3.22. The van der Waals surface area contributed by atoms with Crippen LogP contribution in [0.5, 0.6) is 0 Å². The van der Waals surface area contributed by atoms with Crippen molar-refractivity contribution in [1.29, 1.82) is 0 Å². The standard InChI is InChI=1S/C18H26N2O3/c1-13(17-7-4-12-23-17)19-18(22)20(10-11-21)16-9-8-14-5-2-3-6-15(14)16/h2-3,5-6,13,16-17,21H,4,7-12H2,1H3,(H,19,22). The average molecular weight is 318 g/mol. The number of nitrogens with one attached hydrogen (secondary N) is 1. The number of aryl methyl sites for hydroxylation is 1. The second kappa shape index (κ2) is 7.32. The highest BCUT2D eigenvalue weighted by Crippen LogP contribution is 2.35. The van der Waals surface area contributed by atoms with E-state index >= 15 is 0 Å². The van der Waals surface area contributed by atoms with Crippen LogP contribution in [0.1, 0.15) is 43.4 Å². The van der Waals surface area contributed by atoms with E-state index in [9.17, 15) is 9.90 Å². The van der Waals surface area contributed by atoms with Crippen molar-refractivity contribution >= 4 is 6.03 Å². The van der Waals surface area contributed by atoms with Gasteiger partial charge in [-0.3, -0.25) is 0 Å². The minimum atomic E-state index is -0.108. The molecule has 1 saturated heterocycles. The molecular formula is C18H26N2O3. The Labute approximate surface area is 137 Å². The van der Waals surface area contributed by atoms with Crippen LogP contribution < -0.4 is 5.32 Å². The number of hydrogen-bond acceptors (Lipinski definition) is 3. The summed E-state index contributed by atoms with van der Waals surface area (Å²) in [5, 5.41) is 12.5. The first-order valence-corrected chi connectivity index (χ1v) is 8.58. The third kappa shape index (κ3) is 3.51.